The van der Waals surface area contributed by atoms with Gasteiger partial charge in [-0.3, -0.25) is 9.59 Å². The number of carbonyl (C=O) groups is 2. The van der Waals surface area contributed by atoms with Crippen LogP contribution in [0.5, 0.6) is 0 Å². The largest absolute Gasteiger partial charge is 0.341 e. The average molecular weight is 406 g/mol. The van der Waals surface area contributed by atoms with Gasteiger partial charge in [0.05, 0.1) is 16.9 Å². The van der Waals surface area contributed by atoms with Gasteiger partial charge in [0.2, 0.25) is 17.7 Å². The number of amides is 2. The zero-order valence-corrected chi connectivity index (χ0v) is 16.7. The van der Waals surface area contributed by atoms with Crippen molar-refractivity contribution in [2.24, 2.45) is 0 Å². The van der Waals surface area contributed by atoms with Gasteiger partial charge in [-0.1, -0.05) is 5.16 Å². The lowest BCUT2D eigenvalue weighted by Gasteiger charge is -2.32. The number of hydrogen-bond donors (Lipinski definition) is 1. The Morgan fingerprint density at radius 2 is 2.14 bits per heavy atom. The number of nitrogens with one attached hydrogen (secondary N) is 1. The molecule has 0 saturated carbocycles. The van der Waals surface area contributed by atoms with Crippen molar-refractivity contribution in [3.05, 3.63) is 41.8 Å². The van der Waals surface area contributed by atoms with Crippen LogP contribution in [0, 0.1) is 12.7 Å². The molecular weight excluding hydrogens is 383 g/mol. The summed E-state index contributed by atoms with van der Waals surface area (Å²) in [5.41, 5.74) is 0.528. The number of likely N-dealkylation sites (tertiary alicyclic amines) is 1. The van der Waals surface area contributed by atoms with Crippen LogP contribution in [-0.4, -0.2) is 50.9 Å². The van der Waals surface area contributed by atoms with Crippen LogP contribution in [0.15, 0.2) is 28.8 Å². The smallest absolute Gasteiger partial charge is 0.235 e. The van der Waals surface area contributed by atoms with Crippen molar-refractivity contribution < 1.29 is 18.5 Å². The average Bonchev–Trinajstić information content (AvgIpc) is 3.14. The number of piperidine rings is 1. The summed E-state index contributed by atoms with van der Waals surface area (Å²) in [4.78, 5) is 30.9. The van der Waals surface area contributed by atoms with Crippen LogP contribution < -0.4 is 5.32 Å². The van der Waals surface area contributed by atoms with Gasteiger partial charge in [-0.25, -0.2) is 4.39 Å². The quantitative estimate of drug-likeness (QED) is 0.793. The zero-order valence-electron chi connectivity index (χ0n) is 15.9. The van der Waals surface area contributed by atoms with Gasteiger partial charge in [0, 0.05) is 18.8 Å². The number of nitrogens with zero attached hydrogens (tertiary/aromatic N) is 3. The van der Waals surface area contributed by atoms with Gasteiger partial charge in [0.1, 0.15) is 5.82 Å². The van der Waals surface area contributed by atoms with E-state index in [1.165, 1.54) is 36.0 Å². The number of thioether (sulfide) groups is 1. The second-order valence-electron chi connectivity index (χ2n) is 6.81. The molecular formula is C19H23FN4O3S. The third kappa shape index (κ3) is 5.31. The number of anilines is 1. The maximum absolute atomic E-state index is 12.9. The van der Waals surface area contributed by atoms with E-state index in [2.05, 4.69) is 15.5 Å². The molecule has 1 aromatic carbocycles. The fraction of sp³-hybridized carbons (Fsp3) is 0.474. The summed E-state index contributed by atoms with van der Waals surface area (Å²) in [7, 11) is 0. The predicted octanol–water partition coefficient (Wildman–Crippen LogP) is 2.98. The lowest BCUT2D eigenvalue weighted by molar-refractivity contribution is -0.131. The molecule has 1 aliphatic rings. The molecule has 1 aliphatic heterocycles. The van der Waals surface area contributed by atoms with E-state index < -0.39 is 0 Å². The third-order valence-electron chi connectivity index (χ3n) is 4.57. The molecule has 0 spiro atoms. The highest BCUT2D eigenvalue weighted by molar-refractivity contribution is 8.01. The van der Waals surface area contributed by atoms with Crippen LogP contribution in [0.2, 0.25) is 0 Å². The second-order valence-corrected chi connectivity index (χ2v) is 8.14. The number of halogens is 1. The standard InChI is InChI=1S/C19H23FN4O3S/c1-12(28-11-17(25)22-16-7-5-15(20)6-8-16)19(26)24-9-3-4-14(10-24)18-21-13(2)23-27-18/h5-8,12,14H,3-4,9-11H2,1-2H3,(H,22,25). The maximum atomic E-state index is 12.9. The van der Waals surface area contributed by atoms with Crippen molar-refractivity contribution in [3.63, 3.8) is 0 Å². The molecule has 1 fully saturated rings. The van der Waals surface area contributed by atoms with Crippen LogP contribution in [0.1, 0.15) is 37.4 Å². The molecule has 1 N–H and O–H groups in total. The van der Waals surface area contributed by atoms with E-state index in [0.29, 0.717) is 30.5 Å². The summed E-state index contributed by atoms with van der Waals surface area (Å²) in [6.07, 6.45) is 1.79. The normalized spacial score (nSPS) is 18.0. The van der Waals surface area contributed by atoms with E-state index in [9.17, 15) is 14.0 Å². The van der Waals surface area contributed by atoms with Gasteiger partial charge in [-0.15, -0.1) is 11.8 Å². The van der Waals surface area contributed by atoms with E-state index in [0.717, 1.165) is 12.8 Å². The van der Waals surface area contributed by atoms with E-state index in [4.69, 9.17) is 4.52 Å². The topological polar surface area (TPSA) is 88.3 Å². The minimum Gasteiger partial charge on any atom is -0.341 e. The Hall–Kier alpha value is -2.42. The lowest BCUT2D eigenvalue weighted by Crippen LogP contribution is -2.43. The molecule has 2 unspecified atom stereocenters. The van der Waals surface area contributed by atoms with E-state index in [1.807, 2.05) is 4.90 Å². The summed E-state index contributed by atoms with van der Waals surface area (Å²) in [5, 5.41) is 6.18. The Morgan fingerprint density at radius 3 is 2.82 bits per heavy atom. The van der Waals surface area contributed by atoms with Crippen molar-refractivity contribution >= 4 is 29.3 Å². The monoisotopic (exact) mass is 406 g/mol. The number of aryl methyl sites for hydroxylation is 1. The molecule has 28 heavy (non-hydrogen) atoms. The Balaban J connectivity index is 1.48. The highest BCUT2D eigenvalue weighted by Gasteiger charge is 2.30. The summed E-state index contributed by atoms with van der Waals surface area (Å²) in [6, 6.07) is 5.57. The van der Waals surface area contributed by atoms with Crippen molar-refractivity contribution in [2.45, 2.75) is 37.9 Å². The summed E-state index contributed by atoms with van der Waals surface area (Å²) < 4.78 is 18.2. The molecule has 0 bridgehead atoms. The van der Waals surface area contributed by atoms with Crippen LogP contribution in [-0.2, 0) is 9.59 Å². The van der Waals surface area contributed by atoms with Gasteiger partial charge in [-0.2, -0.15) is 4.98 Å². The Labute approximate surface area is 167 Å². The predicted molar refractivity (Wildman–Crippen MR) is 105 cm³/mol. The molecule has 2 heterocycles. The molecule has 1 aromatic heterocycles. The fourth-order valence-corrected chi connectivity index (χ4v) is 3.88. The van der Waals surface area contributed by atoms with Crippen molar-refractivity contribution in [3.8, 4) is 0 Å². The number of hydrogen-bond acceptors (Lipinski definition) is 6. The van der Waals surface area contributed by atoms with Crippen LogP contribution in [0.3, 0.4) is 0 Å². The molecule has 1 saturated heterocycles. The van der Waals surface area contributed by atoms with E-state index in [-0.39, 0.29) is 34.6 Å². The fourth-order valence-electron chi connectivity index (χ4n) is 3.12. The third-order valence-corrected chi connectivity index (χ3v) is 5.70. The first kappa shape index (κ1) is 20.3. The Morgan fingerprint density at radius 1 is 1.39 bits per heavy atom. The molecule has 2 atom stereocenters. The first-order chi connectivity index (χ1) is 13.4. The number of carbonyl (C=O) groups excluding carboxylic acids is 2. The molecule has 2 amide bonds. The SMILES string of the molecule is Cc1noc(C2CCCN(C(=O)C(C)SCC(=O)Nc3ccc(F)cc3)C2)n1. The minimum atomic E-state index is -0.359. The summed E-state index contributed by atoms with van der Waals surface area (Å²) in [6.45, 7) is 4.81. The van der Waals surface area contributed by atoms with E-state index in [1.54, 1.807) is 13.8 Å². The van der Waals surface area contributed by atoms with Crippen LogP contribution in [0.25, 0.3) is 0 Å². The van der Waals surface area contributed by atoms with Crippen molar-refractivity contribution in [1.82, 2.24) is 15.0 Å². The first-order valence-electron chi connectivity index (χ1n) is 9.18. The Kier molecular flexibility index (Phi) is 6.66. The summed E-state index contributed by atoms with van der Waals surface area (Å²) in [5.74, 6) is 0.780. The first-order valence-corrected chi connectivity index (χ1v) is 10.2. The molecule has 0 radical (unpaired) electrons. The Bertz CT molecular complexity index is 827. The molecule has 3 rings (SSSR count). The van der Waals surface area contributed by atoms with Gasteiger partial charge in [-0.05, 0) is 51.0 Å². The van der Waals surface area contributed by atoms with Crippen LogP contribution >= 0.6 is 11.8 Å². The molecule has 7 nitrogen and oxygen atoms in total. The lowest BCUT2D eigenvalue weighted by atomic mass is 9.98. The summed E-state index contributed by atoms with van der Waals surface area (Å²) >= 11 is 1.28. The van der Waals surface area contributed by atoms with Crippen LogP contribution in [0.4, 0.5) is 10.1 Å². The molecule has 150 valence electrons. The molecule has 0 aliphatic carbocycles. The molecule has 2 aromatic rings. The highest BCUT2D eigenvalue weighted by atomic mass is 32.2. The van der Waals surface area contributed by atoms with Gasteiger partial charge >= 0.3 is 0 Å². The van der Waals surface area contributed by atoms with E-state index >= 15 is 0 Å². The second kappa shape index (κ2) is 9.18. The molecule has 9 heteroatoms. The zero-order chi connectivity index (χ0) is 20.1. The minimum absolute atomic E-state index is 0.000481. The van der Waals surface area contributed by atoms with Gasteiger partial charge in [0.15, 0.2) is 5.82 Å². The van der Waals surface area contributed by atoms with Gasteiger partial charge < -0.3 is 14.7 Å². The van der Waals surface area contributed by atoms with Crippen molar-refractivity contribution in [1.29, 1.82) is 0 Å². The number of rotatable bonds is 6. The maximum Gasteiger partial charge on any atom is 0.235 e. The van der Waals surface area contributed by atoms with Gasteiger partial charge in [0.25, 0.3) is 0 Å². The number of benzene rings is 1. The number of aromatic nitrogens is 2. The highest BCUT2D eigenvalue weighted by Crippen LogP contribution is 2.27. The van der Waals surface area contributed by atoms with Crippen molar-refractivity contribution in [2.75, 3.05) is 24.2 Å².